The second-order valence-corrected chi connectivity index (χ2v) is 0.254. The summed E-state index contributed by atoms with van der Waals surface area (Å²) in [6, 6.07) is 0. The molecule has 0 amide bonds. The first kappa shape index (κ1) is 3.53. The Labute approximate surface area is 25.5 Å². The van der Waals surface area contributed by atoms with Gasteiger partial charge in [-0.25, -0.2) is 0 Å². The van der Waals surface area contributed by atoms with Gasteiger partial charge in [-0.15, -0.1) is 5.21 Å². The Morgan fingerprint density at radius 1 is 2.00 bits per heavy atom. The zero-order chi connectivity index (χ0) is 3.41. The van der Waals surface area contributed by atoms with Crippen LogP contribution in [0.3, 0.4) is 0 Å². The molecule has 0 rings (SSSR count). The lowest BCUT2D eigenvalue weighted by Gasteiger charge is -1.44. The fraction of sp³-hybridized carbons (Fsp3) is 0. The molecule has 19 valence electrons. The highest BCUT2D eigenvalue weighted by Gasteiger charge is 1.40. The Balaban J connectivity index is 2.55. The van der Waals surface area contributed by atoms with E-state index in [9.17, 15) is 0 Å². The predicted octanol–water partition coefficient (Wildman–Crippen LogP) is -0.471. The molecule has 0 saturated carbocycles. The van der Waals surface area contributed by atoms with E-state index in [1.165, 1.54) is 0 Å². The molecule has 0 aromatic carbocycles. The third-order valence-electron chi connectivity index (χ3n) is 0.0609. The van der Waals surface area contributed by atoms with Crippen molar-refractivity contribution < 1.29 is 5.21 Å². The minimum Gasteiger partial charge on any atom is -0.147 e. The standard InChI is InChI=1S/CHBNO/c2-1-3-4/h1H/b3-1+. The zero-order valence-corrected chi connectivity index (χ0v) is 2.01. The average molecular weight is 53.8 g/mol. The molecule has 4 heavy (non-hydrogen) atoms. The van der Waals surface area contributed by atoms with Gasteiger partial charge >= 0.3 is 0 Å². The Kier molecular flexibility index (Phi) is 2.24. The maximum atomic E-state index is 8.74. The van der Waals surface area contributed by atoms with Crippen molar-refractivity contribution in [1.82, 2.24) is 0 Å². The third-order valence-corrected chi connectivity index (χ3v) is 0.0609. The fourth-order valence-corrected chi connectivity index (χ4v) is 0. The molecule has 3 heteroatoms. The van der Waals surface area contributed by atoms with E-state index in [4.69, 9.17) is 5.21 Å². The Hall–Kier alpha value is -0.465. The van der Waals surface area contributed by atoms with Crippen LogP contribution in [0.2, 0.25) is 0 Å². The maximum absolute atomic E-state index is 8.74. The van der Waals surface area contributed by atoms with E-state index in [0.717, 1.165) is 0 Å². The van der Waals surface area contributed by atoms with Gasteiger partial charge in [-0.3, -0.25) is 0 Å². The highest BCUT2D eigenvalue weighted by Crippen LogP contribution is 1.35. The number of hydrogen-bond donors (Lipinski definition) is 0. The topological polar surface area (TPSA) is 32.3 Å². The van der Waals surface area contributed by atoms with Crippen LogP contribution in [0.1, 0.15) is 0 Å². The molecule has 0 aliphatic rings. The molecule has 0 heterocycles. The fourth-order valence-electron chi connectivity index (χ4n) is 0. The van der Waals surface area contributed by atoms with Gasteiger partial charge in [0.2, 0.25) is 0 Å². The summed E-state index contributed by atoms with van der Waals surface area (Å²) in [7, 11) is 4.42. The van der Waals surface area contributed by atoms with Gasteiger partial charge in [-0.2, -0.15) is 0 Å². The van der Waals surface area contributed by atoms with E-state index in [-0.39, 0.29) is 0 Å². The monoisotopic (exact) mass is 54.0 g/mol. The van der Waals surface area contributed by atoms with Crippen molar-refractivity contribution in [2.75, 3.05) is 0 Å². The second kappa shape index (κ2) is 2.53. The molecule has 0 atom stereocenters. The molecule has 0 spiro atoms. The normalized spacial score (nSPS) is 9.00. The molecule has 0 fully saturated rings. The van der Waals surface area contributed by atoms with E-state index < -0.39 is 0 Å². The van der Waals surface area contributed by atoms with Gasteiger partial charge in [0.25, 0.3) is 0 Å². The molecular formula is CHBNO. The smallest absolute Gasteiger partial charge is 0.135 e. The Morgan fingerprint density at radius 2 is 2.25 bits per heavy atom. The lowest BCUT2D eigenvalue weighted by molar-refractivity contribution is 0.212. The SMILES string of the molecule is [B]/C=N/[O]. The van der Waals surface area contributed by atoms with Gasteiger partial charge in [-0.1, -0.05) is 5.16 Å². The summed E-state index contributed by atoms with van der Waals surface area (Å²) in [4.78, 5) is 0. The van der Waals surface area contributed by atoms with E-state index in [1.807, 2.05) is 0 Å². The number of rotatable bonds is 0. The van der Waals surface area contributed by atoms with Crippen LogP contribution in [-0.2, 0) is 5.21 Å². The summed E-state index contributed by atoms with van der Waals surface area (Å²) in [6.07, 6.45) is 0.694. The molecule has 2 nitrogen and oxygen atoms in total. The van der Waals surface area contributed by atoms with Crippen LogP contribution in [-0.4, -0.2) is 14.0 Å². The maximum Gasteiger partial charge on any atom is 0.135 e. The molecule has 0 aromatic rings. The molecule has 0 N–H and O–H groups in total. The van der Waals surface area contributed by atoms with Gasteiger partial charge in [0, 0.05) is 0 Å². The summed E-state index contributed by atoms with van der Waals surface area (Å²) in [5.41, 5.74) is 0. The van der Waals surface area contributed by atoms with Crippen LogP contribution < -0.4 is 0 Å². The van der Waals surface area contributed by atoms with Crippen molar-refractivity contribution in [2.45, 2.75) is 0 Å². The first-order valence-corrected chi connectivity index (χ1v) is 0.774. The van der Waals surface area contributed by atoms with Crippen molar-refractivity contribution in [2.24, 2.45) is 5.16 Å². The van der Waals surface area contributed by atoms with Crippen LogP contribution in [0, 0.1) is 0 Å². The Bertz CT molecular complexity index is 23.2. The first-order valence-electron chi connectivity index (χ1n) is 0.774. The van der Waals surface area contributed by atoms with Crippen LogP contribution >= 0.6 is 0 Å². The van der Waals surface area contributed by atoms with E-state index >= 15 is 0 Å². The minimum atomic E-state index is 0.694. The number of nitrogens with zero attached hydrogens (tertiary/aromatic N) is 1. The third kappa shape index (κ3) is 1.53. The molecule has 3 radical (unpaired) electrons. The lowest BCUT2D eigenvalue weighted by Crippen LogP contribution is -1.58. The van der Waals surface area contributed by atoms with Gasteiger partial charge in [0.05, 0.1) is 0 Å². The molecule has 0 saturated heterocycles. The van der Waals surface area contributed by atoms with Crippen molar-refractivity contribution in [3.05, 3.63) is 0 Å². The van der Waals surface area contributed by atoms with E-state index in [0.29, 0.717) is 6.11 Å². The summed E-state index contributed by atoms with van der Waals surface area (Å²) < 4.78 is 0. The van der Waals surface area contributed by atoms with Gasteiger partial charge in [0.15, 0.2) is 0 Å². The molecule has 0 aliphatic heterocycles. The van der Waals surface area contributed by atoms with E-state index in [1.54, 1.807) is 0 Å². The average Bonchev–Trinajstić information content (AvgIpc) is 1.37. The summed E-state index contributed by atoms with van der Waals surface area (Å²) in [5, 5.41) is 10.9. The minimum absolute atomic E-state index is 0.694. The van der Waals surface area contributed by atoms with E-state index in [2.05, 4.69) is 13.0 Å². The molecule has 0 aliphatic carbocycles. The van der Waals surface area contributed by atoms with Crippen molar-refractivity contribution in [3.8, 4) is 0 Å². The lowest BCUT2D eigenvalue weighted by atomic mass is 10.2. The van der Waals surface area contributed by atoms with Crippen LogP contribution in [0.25, 0.3) is 0 Å². The quantitative estimate of drug-likeness (QED) is 0.203. The van der Waals surface area contributed by atoms with Gasteiger partial charge in [0.1, 0.15) is 7.85 Å². The molecule has 0 aromatic heterocycles. The van der Waals surface area contributed by atoms with Crippen molar-refractivity contribution >= 4 is 14.0 Å². The number of hydrogen-bond acceptors (Lipinski definition) is 1. The van der Waals surface area contributed by atoms with Crippen LogP contribution in [0.5, 0.6) is 0 Å². The largest absolute Gasteiger partial charge is 0.147 e. The first-order chi connectivity index (χ1) is 1.91. The van der Waals surface area contributed by atoms with Gasteiger partial charge in [-0.05, 0) is 6.11 Å². The molecule has 0 unspecified atom stereocenters. The van der Waals surface area contributed by atoms with Gasteiger partial charge < -0.3 is 0 Å². The summed E-state index contributed by atoms with van der Waals surface area (Å²) >= 11 is 0. The van der Waals surface area contributed by atoms with Crippen molar-refractivity contribution in [3.63, 3.8) is 0 Å². The highest BCUT2D eigenvalue weighted by molar-refractivity contribution is 6.49. The summed E-state index contributed by atoms with van der Waals surface area (Å²) in [6.45, 7) is 0. The highest BCUT2D eigenvalue weighted by atomic mass is 16.4. The molecular weight excluding hydrogens is 52.8 g/mol. The van der Waals surface area contributed by atoms with Crippen molar-refractivity contribution in [1.29, 1.82) is 0 Å². The predicted molar refractivity (Wildman–Crippen MR) is 14.9 cm³/mol. The van der Waals surface area contributed by atoms with Crippen LogP contribution in [0.4, 0.5) is 0 Å². The zero-order valence-electron chi connectivity index (χ0n) is 2.01. The second-order valence-electron chi connectivity index (χ2n) is 0.254. The summed E-state index contributed by atoms with van der Waals surface area (Å²) in [5.74, 6) is 0. The Morgan fingerprint density at radius 3 is 2.25 bits per heavy atom. The molecule has 0 bridgehead atoms. The van der Waals surface area contributed by atoms with Crippen LogP contribution in [0.15, 0.2) is 5.16 Å².